The maximum absolute atomic E-state index is 13.0. The van der Waals surface area contributed by atoms with Crippen LogP contribution in [0.3, 0.4) is 0 Å². The number of benzene rings is 3. The van der Waals surface area contributed by atoms with Gasteiger partial charge in [-0.05, 0) is 48.0 Å². The van der Waals surface area contributed by atoms with Crippen molar-refractivity contribution in [2.75, 3.05) is 5.32 Å². The number of hydrogen-bond acceptors (Lipinski definition) is 2. The number of hydrogen-bond donors (Lipinski definition) is 1. The zero-order chi connectivity index (χ0) is 16.8. The molecule has 1 N–H and O–H groups in total. The third kappa shape index (κ3) is 4.49. The van der Waals surface area contributed by atoms with Gasteiger partial charge in [0.2, 0.25) is 0 Å². The summed E-state index contributed by atoms with van der Waals surface area (Å²) in [5.74, 6) is 0.521. The Labute approximate surface area is 145 Å². The van der Waals surface area contributed by atoms with Crippen LogP contribution in [0.2, 0.25) is 5.02 Å². The lowest BCUT2D eigenvalue weighted by molar-refractivity contribution is 0.303. The second-order valence-electron chi connectivity index (χ2n) is 5.39. The molecule has 122 valence electrons. The fraction of sp³-hybridized carbons (Fsp3) is 0.100. The van der Waals surface area contributed by atoms with Gasteiger partial charge in [0.05, 0.1) is 0 Å². The molecule has 0 unspecified atom stereocenters. The quantitative estimate of drug-likeness (QED) is 0.623. The molecule has 24 heavy (non-hydrogen) atoms. The Bertz CT molecular complexity index is 790. The third-order valence-corrected chi connectivity index (χ3v) is 3.82. The molecule has 0 aliphatic heterocycles. The Kier molecular flexibility index (Phi) is 5.34. The first-order valence-corrected chi connectivity index (χ1v) is 8.03. The van der Waals surface area contributed by atoms with Crippen LogP contribution in [0.25, 0.3) is 0 Å². The van der Waals surface area contributed by atoms with E-state index in [0.717, 1.165) is 22.6 Å². The van der Waals surface area contributed by atoms with Crippen molar-refractivity contribution < 1.29 is 9.13 Å². The smallest absolute Gasteiger partial charge is 0.124 e. The highest BCUT2D eigenvalue weighted by molar-refractivity contribution is 6.30. The van der Waals surface area contributed by atoms with Gasteiger partial charge in [0.15, 0.2) is 0 Å². The van der Waals surface area contributed by atoms with Crippen LogP contribution < -0.4 is 10.1 Å². The zero-order valence-electron chi connectivity index (χ0n) is 13.0. The molecule has 3 rings (SSSR count). The predicted octanol–water partition coefficient (Wildman–Crippen LogP) is 5.67. The topological polar surface area (TPSA) is 21.3 Å². The lowest BCUT2D eigenvalue weighted by atomic mass is 10.2. The van der Waals surface area contributed by atoms with E-state index < -0.39 is 0 Å². The van der Waals surface area contributed by atoms with Gasteiger partial charge in [-0.3, -0.25) is 0 Å². The summed E-state index contributed by atoms with van der Waals surface area (Å²) in [6.45, 7) is 1.03. The van der Waals surface area contributed by atoms with E-state index in [-0.39, 0.29) is 5.82 Å². The van der Waals surface area contributed by atoms with Crippen LogP contribution >= 0.6 is 11.6 Å². The van der Waals surface area contributed by atoms with Gasteiger partial charge in [0.1, 0.15) is 18.2 Å². The summed E-state index contributed by atoms with van der Waals surface area (Å²) >= 11 is 6.10. The average Bonchev–Trinajstić information content (AvgIpc) is 2.61. The van der Waals surface area contributed by atoms with E-state index in [2.05, 4.69) is 5.32 Å². The fourth-order valence-electron chi connectivity index (χ4n) is 2.33. The molecule has 0 saturated carbocycles. The summed E-state index contributed by atoms with van der Waals surface area (Å²) in [5, 5.41) is 3.90. The minimum Gasteiger partial charge on any atom is -0.489 e. The van der Waals surface area contributed by atoms with Crippen LogP contribution in [-0.2, 0) is 13.2 Å². The molecule has 0 aromatic heterocycles. The summed E-state index contributed by atoms with van der Waals surface area (Å²) in [4.78, 5) is 0. The van der Waals surface area contributed by atoms with Gasteiger partial charge in [-0.15, -0.1) is 0 Å². The molecule has 0 atom stereocenters. The highest BCUT2D eigenvalue weighted by Gasteiger charge is 2.06. The molecule has 0 fully saturated rings. The molecular weight excluding hydrogens is 325 g/mol. The van der Waals surface area contributed by atoms with Gasteiger partial charge >= 0.3 is 0 Å². The lowest BCUT2D eigenvalue weighted by Gasteiger charge is -2.13. The van der Waals surface area contributed by atoms with E-state index in [9.17, 15) is 4.39 Å². The molecule has 0 radical (unpaired) electrons. The first-order valence-electron chi connectivity index (χ1n) is 7.65. The van der Waals surface area contributed by atoms with Crippen LogP contribution in [0.15, 0.2) is 72.8 Å². The first kappa shape index (κ1) is 16.3. The summed E-state index contributed by atoms with van der Waals surface area (Å²) < 4.78 is 18.9. The van der Waals surface area contributed by atoms with E-state index in [1.165, 1.54) is 12.1 Å². The Balaban J connectivity index is 1.69. The van der Waals surface area contributed by atoms with Gasteiger partial charge in [-0.2, -0.15) is 0 Å². The number of halogens is 2. The molecule has 0 aliphatic rings. The molecule has 0 amide bonds. The predicted molar refractivity (Wildman–Crippen MR) is 96.0 cm³/mol. The highest BCUT2D eigenvalue weighted by Crippen LogP contribution is 2.25. The van der Waals surface area contributed by atoms with Gasteiger partial charge in [0, 0.05) is 22.8 Å². The standard InChI is InChI=1S/C20H17ClFNO/c21-17-6-11-20(24-14-15-4-2-1-3-5-15)16(12-17)13-23-19-9-7-18(22)8-10-19/h1-12,23H,13-14H2. The Hall–Kier alpha value is -2.52. The lowest BCUT2D eigenvalue weighted by Crippen LogP contribution is -2.04. The summed E-state index contributed by atoms with van der Waals surface area (Å²) in [5.41, 5.74) is 2.89. The largest absolute Gasteiger partial charge is 0.489 e. The van der Waals surface area contributed by atoms with Crippen LogP contribution in [0.4, 0.5) is 10.1 Å². The fourth-order valence-corrected chi connectivity index (χ4v) is 2.52. The van der Waals surface area contributed by atoms with E-state index in [1.54, 1.807) is 12.1 Å². The Morgan fingerprint density at radius 3 is 2.42 bits per heavy atom. The van der Waals surface area contributed by atoms with E-state index in [0.29, 0.717) is 18.2 Å². The van der Waals surface area contributed by atoms with Crippen LogP contribution in [-0.4, -0.2) is 0 Å². The Morgan fingerprint density at radius 1 is 0.917 bits per heavy atom. The molecule has 0 saturated heterocycles. The first-order chi connectivity index (χ1) is 11.7. The number of rotatable bonds is 6. The summed E-state index contributed by atoms with van der Waals surface area (Å²) in [6, 6.07) is 21.8. The van der Waals surface area contributed by atoms with E-state index in [1.807, 2.05) is 48.5 Å². The van der Waals surface area contributed by atoms with E-state index in [4.69, 9.17) is 16.3 Å². The van der Waals surface area contributed by atoms with Gasteiger partial charge in [-0.1, -0.05) is 41.9 Å². The Morgan fingerprint density at radius 2 is 1.67 bits per heavy atom. The molecule has 3 aromatic rings. The monoisotopic (exact) mass is 341 g/mol. The van der Waals surface area contributed by atoms with Crippen molar-refractivity contribution in [2.45, 2.75) is 13.2 Å². The van der Waals surface area contributed by atoms with Crippen molar-refractivity contribution in [2.24, 2.45) is 0 Å². The molecule has 2 nitrogen and oxygen atoms in total. The van der Waals surface area contributed by atoms with Crippen molar-refractivity contribution in [3.63, 3.8) is 0 Å². The molecule has 4 heteroatoms. The second-order valence-corrected chi connectivity index (χ2v) is 5.82. The van der Waals surface area contributed by atoms with Crippen molar-refractivity contribution in [1.82, 2.24) is 0 Å². The minimum absolute atomic E-state index is 0.254. The maximum atomic E-state index is 13.0. The van der Waals surface area contributed by atoms with Crippen molar-refractivity contribution in [3.05, 3.63) is 94.8 Å². The van der Waals surface area contributed by atoms with Crippen LogP contribution in [0.5, 0.6) is 5.75 Å². The van der Waals surface area contributed by atoms with E-state index >= 15 is 0 Å². The van der Waals surface area contributed by atoms with Crippen molar-refractivity contribution in [3.8, 4) is 5.75 Å². The molecule has 0 bridgehead atoms. The zero-order valence-corrected chi connectivity index (χ0v) is 13.8. The van der Waals surface area contributed by atoms with Crippen LogP contribution in [0, 0.1) is 5.82 Å². The second kappa shape index (κ2) is 7.84. The number of nitrogens with one attached hydrogen (secondary N) is 1. The summed E-state index contributed by atoms with van der Waals surface area (Å²) in [6.07, 6.45) is 0. The normalized spacial score (nSPS) is 10.4. The molecule has 0 heterocycles. The van der Waals surface area contributed by atoms with Gasteiger partial charge in [-0.25, -0.2) is 4.39 Å². The average molecular weight is 342 g/mol. The third-order valence-electron chi connectivity index (χ3n) is 3.59. The van der Waals surface area contributed by atoms with Crippen molar-refractivity contribution >= 4 is 17.3 Å². The number of anilines is 1. The summed E-state index contributed by atoms with van der Waals surface area (Å²) in [7, 11) is 0. The SMILES string of the molecule is Fc1ccc(NCc2cc(Cl)ccc2OCc2ccccc2)cc1. The highest BCUT2D eigenvalue weighted by atomic mass is 35.5. The minimum atomic E-state index is -0.254. The number of ether oxygens (including phenoxy) is 1. The molecule has 3 aromatic carbocycles. The van der Waals surface area contributed by atoms with Crippen molar-refractivity contribution in [1.29, 1.82) is 0 Å². The van der Waals surface area contributed by atoms with Crippen LogP contribution in [0.1, 0.15) is 11.1 Å². The molecule has 0 spiro atoms. The maximum Gasteiger partial charge on any atom is 0.124 e. The van der Waals surface area contributed by atoms with Gasteiger partial charge in [0.25, 0.3) is 0 Å². The van der Waals surface area contributed by atoms with Gasteiger partial charge < -0.3 is 10.1 Å². The molecule has 0 aliphatic carbocycles. The molecular formula is C20H17ClFNO.